The molecule has 2 aliphatic carbocycles. The molecule has 1 aromatic rings. The lowest BCUT2D eigenvalue weighted by atomic mass is 9.78. The first-order valence-corrected chi connectivity index (χ1v) is 8.02. The summed E-state index contributed by atoms with van der Waals surface area (Å²) in [5, 5.41) is 20.1. The quantitative estimate of drug-likeness (QED) is 0.771. The number of aliphatic hydroxyl groups is 1. The number of nitrogens with zero attached hydrogens (tertiary/aromatic N) is 2. The molecule has 3 rings (SSSR count). The van der Waals surface area contributed by atoms with E-state index < -0.39 is 5.60 Å². The molecule has 1 amide bonds. The van der Waals surface area contributed by atoms with Gasteiger partial charge < -0.3 is 10.4 Å². The van der Waals surface area contributed by atoms with Crippen LogP contribution in [0.15, 0.2) is 0 Å². The summed E-state index contributed by atoms with van der Waals surface area (Å²) in [6.07, 6.45) is 7.00. The summed E-state index contributed by atoms with van der Waals surface area (Å²) in [4.78, 5) is 16.3. The topological polar surface area (TPSA) is 90.9 Å². The number of nitrogens with one attached hydrogen (secondary N) is 2. The third kappa shape index (κ3) is 3.43. The van der Waals surface area contributed by atoms with Gasteiger partial charge in [-0.05, 0) is 44.4 Å². The number of hydrogen-bond donors (Lipinski definition) is 3. The van der Waals surface area contributed by atoms with Crippen LogP contribution in [0.25, 0.3) is 0 Å². The summed E-state index contributed by atoms with van der Waals surface area (Å²) < 4.78 is 0. The first kappa shape index (κ1) is 14.5. The molecule has 2 fully saturated rings. The minimum Gasteiger partial charge on any atom is -0.388 e. The van der Waals surface area contributed by atoms with Gasteiger partial charge in [0.05, 0.1) is 5.60 Å². The van der Waals surface area contributed by atoms with Crippen molar-refractivity contribution in [3.05, 3.63) is 11.6 Å². The van der Waals surface area contributed by atoms with Crippen molar-refractivity contribution in [2.75, 3.05) is 6.54 Å². The Morgan fingerprint density at radius 3 is 2.71 bits per heavy atom. The number of carbonyl (C=O) groups is 1. The highest BCUT2D eigenvalue weighted by atomic mass is 16.3. The van der Waals surface area contributed by atoms with E-state index in [1.807, 2.05) is 0 Å². The van der Waals surface area contributed by atoms with Gasteiger partial charge in [0, 0.05) is 12.5 Å². The Labute approximate surface area is 124 Å². The molecule has 1 aromatic heterocycles. The summed E-state index contributed by atoms with van der Waals surface area (Å²) in [5.41, 5.74) is -0.767. The van der Waals surface area contributed by atoms with Crippen molar-refractivity contribution in [3.8, 4) is 0 Å². The number of aromatic nitrogens is 3. The molecule has 0 bridgehead atoms. The van der Waals surface area contributed by atoms with Gasteiger partial charge in [-0.25, -0.2) is 4.98 Å². The monoisotopic (exact) mass is 292 g/mol. The zero-order valence-electron chi connectivity index (χ0n) is 12.6. The van der Waals surface area contributed by atoms with E-state index in [1.54, 1.807) is 0 Å². The highest BCUT2D eigenvalue weighted by Gasteiger charge is 2.33. The van der Waals surface area contributed by atoms with Gasteiger partial charge >= 0.3 is 0 Å². The van der Waals surface area contributed by atoms with Crippen LogP contribution in [0.4, 0.5) is 0 Å². The van der Waals surface area contributed by atoms with Crippen LogP contribution in [-0.4, -0.2) is 38.3 Å². The highest BCUT2D eigenvalue weighted by molar-refractivity contribution is 5.90. The molecule has 6 heteroatoms. The molecule has 6 nitrogen and oxygen atoms in total. The molecule has 21 heavy (non-hydrogen) atoms. The van der Waals surface area contributed by atoms with Gasteiger partial charge in [0.15, 0.2) is 0 Å². The minimum absolute atomic E-state index is 0.183. The molecule has 0 unspecified atom stereocenters. The molecular weight excluding hydrogens is 268 g/mol. The van der Waals surface area contributed by atoms with Crippen molar-refractivity contribution >= 4 is 5.91 Å². The summed E-state index contributed by atoms with van der Waals surface area (Å²) in [5.74, 6) is 1.86. The second kappa shape index (κ2) is 5.75. The molecule has 2 aliphatic rings. The van der Waals surface area contributed by atoms with Crippen molar-refractivity contribution in [1.29, 1.82) is 0 Å². The fraction of sp³-hybridized carbons (Fsp3) is 0.800. The standard InChI is InChI=1S/C15H24N4O2/c1-2-10-5-7-15(21,8-6-10)9-16-14(20)13-17-12(18-19-13)11-3-4-11/h10-11,21H,2-9H2,1H3,(H,16,20)(H,17,18,19). The van der Waals surface area contributed by atoms with E-state index in [0.29, 0.717) is 5.92 Å². The zero-order chi connectivity index (χ0) is 14.9. The Balaban J connectivity index is 1.50. The average molecular weight is 292 g/mol. The van der Waals surface area contributed by atoms with Gasteiger partial charge in [-0.2, -0.15) is 0 Å². The molecule has 0 aliphatic heterocycles. The fourth-order valence-electron chi connectivity index (χ4n) is 3.04. The zero-order valence-corrected chi connectivity index (χ0v) is 12.6. The largest absolute Gasteiger partial charge is 0.388 e. The van der Waals surface area contributed by atoms with Crippen LogP contribution < -0.4 is 5.32 Å². The first-order chi connectivity index (χ1) is 10.1. The number of hydrogen-bond acceptors (Lipinski definition) is 4. The van der Waals surface area contributed by atoms with Crippen molar-refractivity contribution in [2.24, 2.45) is 5.92 Å². The summed E-state index contributed by atoms with van der Waals surface area (Å²) >= 11 is 0. The van der Waals surface area contributed by atoms with Crippen LogP contribution in [0, 0.1) is 5.92 Å². The molecule has 2 saturated carbocycles. The lowest BCUT2D eigenvalue weighted by Gasteiger charge is -2.35. The third-order valence-electron chi connectivity index (χ3n) is 4.86. The van der Waals surface area contributed by atoms with Gasteiger partial charge in [-0.15, -0.1) is 5.10 Å². The molecule has 0 atom stereocenters. The molecule has 1 heterocycles. The summed E-state index contributed by atoms with van der Waals surface area (Å²) in [7, 11) is 0. The van der Waals surface area contributed by atoms with Crippen molar-refractivity contribution < 1.29 is 9.90 Å². The second-order valence-corrected chi connectivity index (χ2v) is 6.58. The van der Waals surface area contributed by atoms with Crippen LogP contribution in [0.2, 0.25) is 0 Å². The number of aromatic amines is 1. The van der Waals surface area contributed by atoms with Gasteiger partial charge in [0.1, 0.15) is 5.82 Å². The highest BCUT2D eigenvalue weighted by Crippen LogP contribution is 2.37. The minimum atomic E-state index is -0.767. The number of H-pyrrole nitrogens is 1. The maximum atomic E-state index is 12.0. The summed E-state index contributed by atoms with van der Waals surface area (Å²) in [6, 6.07) is 0. The number of carbonyl (C=O) groups excluding carboxylic acids is 1. The normalized spacial score (nSPS) is 29.3. The molecule has 3 N–H and O–H groups in total. The smallest absolute Gasteiger partial charge is 0.291 e. The van der Waals surface area contributed by atoms with Crippen molar-refractivity contribution in [2.45, 2.75) is 63.4 Å². The van der Waals surface area contributed by atoms with Crippen LogP contribution in [0.1, 0.15) is 74.2 Å². The maximum absolute atomic E-state index is 12.0. The molecule has 0 saturated heterocycles. The Morgan fingerprint density at radius 2 is 2.10 bits per heavy atom. The van der Waals surface area contributed by atoms with Crippen LogP contribution >= 0.6 is 0 Å². The van der Waals surface area contributed by atoms with E-state index in [4.69, 9.17) is 0 Å². The van der Waals surface area contributed by atoms with Crippen LogP contribution in [0.3, 0.4) is 0 Å². The number of rotatable bonds is 5. The third-order valence-corrected chi connectivity index (χ3v) is 4.86. The van der Waals surface area contributed by atoms with E-state index in [1.165, 1.54) is 6.42 Å². The van der Waals surface area contributed by atoms with E-state index in [-0.39, 0.29) is 18.3 Å². The Morgan fingerprint density at radius 1 is 1.38 bits per heavy atom. The van der Waals surface area contributed by atoms with Gasteiger partial charge in [-0.1, -0.05) is 13.3 Å². The van der Waals surface area contributed by atoms with Gasteiger partial charge in [0.25, 0.3) is 5.91 Å². The second-order valence-electron chi connectivity index (χ2n) is 6.58. The lowest BCUT2D eigenvalue weighted by molar-refractivity contribution is -0.00793. The predicted molar refractivity (Wildman–Crippen MR) is 77.9 cm³/mol. The number of amides is 1. The fourth-order valence-corrected chi connectivity index (χ4v) is 3.04. The van der Waals surface area contributed by atoms with E-state index in [0.717, 1.165) is 50.3 Å². The SMILES string of the molecule is CCC1CCC(O)(CNC(=O)c2n[nH]c(C3CC3)n2)CC1. The lowest BCUT2D eigenvalue weighted by Crippen LogP contribution is -2.45. The van der Waals surface area contributed by atoms with E-state index in [9.17, 15) is 9.90 Å². The molecule has 0 spiro atoms. The van der Waals surface area contributed by atoms with Crippen LogP contribution in [-0.2, 0) is 0 Å². The Kier molecular flexibility index (Phi) is 3.97. The molecule has 116 valence electrons. The van der Waals surface area contributed by atoms with Crippen molar-refractivity contribution in [3.63, 3.8) is 0 Å². The van der Waals surface area contributed by atoms with Gasteiger partial charge in [-0.3, -0.25) is 9.89 Å². The first-order valence-electron chi connectivity index (χ1n) is 8.02. The van der Waals surface area contributed by atoms with E-state index >= 15 is 0 Å². The maximum Gasteiger partial charge on any atom is 0.291 e. The van der Waals surface area contributed by atoms with E-state index in [2.05, 4.69) is 27.4 Å². The molecular formula is C15H24N4O2. The Bertz CT molecular complexity index is 502. The Hall–Kier alpha value is -1.43. The molecule has 0 radical (unpaired) electrons. The van der Waals surface area contributed by atoms with Gasteiger partial charge in [0.2, 0.25) is 5.82 Å². The predicted octanol–water partition coefficient (Wildman–Crippen LogP) is 1.74. The summed E-state index contributed by atoms with van der Waals surface area (Å²) in [6.45, 7) is 2.48. The molecule has 0 aromatic carbocycles. The van der Waals surface area contributed by atoms with Crippen molar-refractivity contribution in [1.82, 2.24) is 20.5 Å². The average Bonchev–Trinajstić information content (AvgIpc) is 3.23. The van der Waals surface area contributed by atoms with Crippen LogP contribution in [0.5, 0.6) is 0 Å².